The van der Waals surface area contributed by atoms with Gasteiger partial charge in [-0.1, -0.05) is 12.8 Å². The highest BCUT2D eigenvalue weighted by Crippen LogP contribution is 2.20. The van der Waals surface area contributed by atoms with E-state index in [1.165, 1.54) is 0 Å². The Morgan fingerprint density at radius 3 is 2.93 bits per heavy atom. The summed E-state index contributed by atoms with van der Waals surface area (Å²) >= 11 is 0. The van der Waals surface area contributed by atoms with Crippen LogP contribution in [0.15, 0.2) is 0 Å². The molecule has 1 saturated heterocycles. The van der Waals surface area contributed by atoms with E-state index < -0.39 is 0 Å². The molecule has 0 aromatic heterocycles. The zero-order valence-electron chi connectivity index (χ0n) is 8.75. The summed E-state index contributed by atoms with van der Waals surface area (Å²) in [5, 5.41) is 2.83. The second-order valence-electron chi connectivity index (χ2n) is 3.61. The molecule has 1 rings (SSSR count). The predicted octanol–water partition coefficient (Wildman–Crippen LogP) is 0.939. The molecule has 1 N–H and O–H groups in total. The molecule has 1 fully saturated rings. The van der Waals surface area contributed by atoms with Gasteiger partial charge in [-0.2, -0.15) is 0 Å². The van der Waals surface area contributed by atoms with Crippen LogP contribution >= 0.6 is 0 Å². The van der Waals surface area contributed by atoms with Gasteiger partial charge in [0.25, 0.3) is 0 Å². The van der Waals surface area contributed by atoms with E-state index in [9.17, 15) is 4.79 Å². The first kappa shape index (κ1) is 11.1. The zero-order valence-corrected chi connectivity index (χ0v) is 8.75. The second kappa shape index (κ2) is 5.02. The molecule has 0 spiro atoms. The highest BCUT2D eigenvalue weighted by atomic mass is 16.5. The lowest BCUT2D eigenvalue weighted by molar-refractivity contribution is -0.126. The fraction of sp³-hybridized carbons (Fsp3) is 0.727. The van der Waals surface area contributed by atoms with E-state index >= 15 is 0 Å². The molecule has 1 amide bonds. The fourth-order valence-corrected chi connectivity index (χ4v) is 1.62. The minimum atomic E-state index is -0.143. The summed E-state index contributed by atoms with van der Waals surface area (Å²) < 4.78 is 5.32. The first-order valence-corrected chi connectivity index (χ1v) is 5.07. The third-order valence-corrected chi connectivity index (χ3v) is 2.64. The maximum Gasteiger partial charge on any atom is 0.226 e. The number of carbonyl (C=O) groups is 1. The summed E-state index contributed by atoms with van der Waals surface area (Å²) in [6.45, 7) is 4.56. The number of carbonyl (C=O) groups excluding carboxylic acids is 1. The molecule has 1 aliphatic heterocycles. The van der Waals surface area contributed by atoms with Crippen LogP contribution in [-0.4, -0.2) is 24.7 Å². The molecule has 3 nitrogen and oxygen atoms in total. The average Bonchev–Trinajstić information content (AvgIpc) is 2.60. The van der Waals surface area contributed by atoms with Crippen LogP contribution in [0.4, 0.5) is 0 Å². The van der Waals surface area contributed by atoms with Gasteiger partial charge in [-0.25, -0.2) is 0 Å². The van der Waals surface area contributed by atoms with Crippen LogP contribution in [0.5, 0.6) is 0 Å². The van der Waals surface area contributed by atoms with Gasteiger partial charge >= 0.3 is 0 Å². The van der Waals surface area contributed by atoms with E-state index in [1.807, 2.05) is 13.8 Å². The number of hydrogen-bond donors (Lipinski definition) is 1. The summed E-state index contributed by atoms with van der Waals surface area (Å²) in [5.41, 5.74) is 0. The van der Waals surface area contributed by atoms with Crippen LogP contribution in [0.3, 0.4) is 0 Å². The molecule has 0 saturated carbocycles. The molecule has 0 aromatic carbocycles. The van der Waals surface area contributed by atoms with Crippen molar-refractivity contribution in [3.8, 4) is 12.3 Å². The topological polar surface area (TPSA) is 38.3 Å². The van der Waals surface area contributed by atoms with Crippen LogP contribution in [0.2, 0.25) is 0 Å². The average molecular weight is 195 g/mol. The minimum absolute atomic E-state index is 0.0188. The van der Waals surface area contributed by atoms with Crippen molar-refractivity contribution in [1.82, 2.24) is 5.32 Å². The molecular weight excluding hydrogens is 178 g/mol. The van der Waals surface area contributed by atoms with Gasteiger partial charge in [0.1, 0.15) is 0 Å². The van der Waals surface area contributed by atoms with Crippen LogP contribution in [0.25, 0.3) is 0 Å². The van der Waals surface area contributed by atoms with Crippen LogP contribution in [0, 0.1) is 18.3 Å². The lowest BCUT2D eigenvalue weighted by Crippen LogP contribution is -2.39. The Bertz CT molecular complexity index is 244. The van der Waals surface area contributed by atoms with Crippen LogP contribution in [0.1, 0.15) is 26.7 Å². The predicted molar refractivity (Wildman–Crippen MR) is 54.6 cm³/mol. The molecule has 3 atom stereocenters. The Labute approximate surface area is 85.2 Å². The van der Waals surface area contributed by atoms with E-state index in [0.717, 1.165) is 12.8 Å². The summed E-state index contributed by atoms with van der Waals surface area (Å²) in [6, 6.07) is -0.143. The van der Waals surface area contributed by atoms with E-state index in [4.69, 9.17) is 11.2 Å². The fourth-order valence-electron chi connectivity index (χ4n) is 1.62. The highest BCUT2D eigenvalue weighted by Gasteiger charge is 2.31. The Kier molecular flexibility index (Phi) is 3.97. The molecule has 1 heterocycles. The minimum Gasteiger partial charge on any atom is -0.378 e. The van der Waals surface area contributed by atoms with Gasteiger partial charge in [-0.3, -0.25) is 4.79 Å². The van der Waals surface area contributed by atoms with Gasteiger partial charge in [0.2, 0.25) is 5.91 Å². The van der Waals surface area contributed by atoms with Crippen molar-refractivity contribution in [1.29, 1.82) is 0 Å². The van der Waals surface area contributed by atoms with Crippen molar-refractivity contribution in [3.63, 3.8) is 0 Å². The highest BCUT2D eigenvalue weighted by molar-refractivity contribution is 5.80. The molecule has 3 heteroatoms. The summed E-state index contributed by atoms with van der Waals surface area (Å²) in [6.07, 6.45) is 6.86. The summed E-state index contributed by atoms with van der Waals surface area (Å²) in [5.74, 6) is 2.55. The Morgan fingerprint density at radius 2 is 2.50 bits per heavy atom. The van der Waals surface area contributed by atoms with Crippen molar-refractivity contribution >= 4 is 5.91 Å². The van der Waals surface area contributed by atoms with Crippen LogP contribution in [-0.2, 0) is 9.53 Å². The van der Waals surface area contributed by atoms with Crippen molar-refractivity contribution in [2.24, 2.45) is 5.92 Å². The van der Waals surface area contributed by atoms with Gasteiger partial charge in [-0.15, -0.1) is 6.42 Å². The molecule has 0 radical (unpaired) electrons. The third-order valence-electron chi connectivity index (χ3n) is 2.64. The normalized spacial score (nSPS) is 28.1. The second-order valence-corrected chi connectivity index (χ2v) is 3.61. The van der Waals surface area contributed by atoms with E-state index in [-0.39, 0.29) is 24.0 Å². The maximum absolute atomic E-state index is 11.7. The molecule has 0 bridgehead atoms. The first-order valence-electron chi connectivity index (χ1n) is 5.07. The molecule has 0 aromatic rings. The lowest BCUT2D eigenvalue weighted by atomic mass is 10.0. The maximum atomic E-state index is 11.7. The lowest BCUT2D eigenvalue weighted by Gasteiger charge is -2.16. The van der Waals surface area contributed by atoms with E-state index in [0.29, 0.717) is 6.61 Å². The smallest absolute Gasteiger partial charge is 0.226 e. The number of terminal acetylenes is 1. The molecule has 3 unspecified atom stereocenters. The Morgan fingerprint density at radius 1 is 1.79 bits per heavy atom. The van der Waals surface area contributed by atoms with Gasteiger partial charge in [0, 0.05) is 6.61 Å². The van der Waals surface area contributed by atoms with Gasteiger partial charge in [0.05, 0.1) is 18.1 Å². The van der Waals surface area contributed by atoms with Gasteiger partial charge < -0.3 is 10.1 Å². The van der Waals surface area contributed by atoms with Gasteiger partial charge in [-0.05, 0) is 19.8 Å². The number of amides is 1. The molecule has 78 valence electrons. The monoisotopic (exact) mass is 195 g/mol. The third kappa shape index (κ3) is 2.49. The zero-order chi connectivity index (χ0) is 10.6. The number of ether oxygens (including phenoxy) is 1. The van der Waals surface area contributed by atoms with Crippen LogP contribution < -0.4 is 5.32 Å². The number of rotatable bonds is 3. The van der Waals surface area contributed by atoms with E-state index in [1.54, 1.807) is 0 Å². The van der Waals surface area contributed by atoms with Gasteiger partial charge in [0.15, 0.2) is 0 Å². The van der Waals surface area contributed by atoms with Crippen molar-refractivity contribution in [2.75, 3.05) is 6.61 Å². The Hall–Kier alpha value is -1.01. The SMILES string of the molecule is C#CC(CC)NC(=O)C1CCOC1C. The molecule has 0 aliphatic carbocycles. The largest absolute Gasteiger partial charge is 0.378 e. The summed E-state index contributed by atoms with van der Waals surface area (Å²) in [4.78, 5) is 11.7. The standard InChI is InChI=1S/C11H17NO2/c1-4-9(5-2)12-11(13)10-6-7-14-8(10)3/h1,8-10H,5-7H2,2-3H3,(H,12,13). The molecule has 14 heavy (non-hydrogen) atoms. The van der Waals surface area contributed by atoms with Crippen molar-refractivity contribution < 1.29 is 9.53 Å². The quantitative estimate of drug-likeness (QED) is 0.681. The summed E-state index contributed by atoms with van der Waals surface area (Å²) in [7, 11) is 0. The number of nitrogens with one attached hydrogen (secondary N) is 1. The Balaban J connectivity index is 2.45. The number of hydrogen-bond acceptors (Lipinski definition) is 2. The van der Waals surface area contributed by atoms with Crippen molar-refractivity contribution in [2.45, 2.75) is 38.8 Å². The molecule has 1 aliphatic rings. The first-order chi connectivity index (χ1) is 6.69. The van der Waals surface area contributed by atoms with E-state index in [2.05, 4.69) is 11.2 Å². The van der Waals surface area contributed by atoms with Crippen molar-refractivity contribution in [3.05, 3.63) is 0 Å². The molecular formula is C11H17NO2.